The third kappa shape index (κ3) is 6.10. The number of thiazole rings is 1. The van der Waals surface area contributed by atoms with E-state index in [9.17, 15) is 9.90 Å². The van der Waals surface area contributed by atoms with Crippen molar-refractivity contribution in [2.75, 3.05) is 19.6 Å². The van der Waals surface area contributed by atoms with Gasteiger partial charge in [0.2, 0.25) is 5.91 Å². The van der Waals surface area contributed by atoms with Crippen molar-refractivity contribution in [2.24, 2.45) is 0 Å². The first-order chi connectivity index (χ1) is 15.0. The number of aromatic hydroxyl groups is 1. The van der Waals surface area contributed by atoms with Crippen LogP contribution >= 0.6 is 11.3 Å². The molecule has 31 heavy (non-hydrogen) atoms. The van der Waals surface area contributed by atoms with Crippen molar-refractivity contribution in [3.05, 3.63) is 76.0 Å². The van der Waals surface area contributed by atoms with Crippen molar-refractivity contribution in [1.29, 1.82) is 0 Å². The fourth-order valence-electron chi connectivity index (χ4n) is 3.66. The average Bonchev–Trinajstić information content (AvgIpc) is 3.11. The zero-order valence-corrected chi connectivity index (χ0v) is 18.3. The van der Waals surface area contributed by atoms with E-state index in [0.29, 0.717) is 39.3 Å². The van der Waals surface area contributed by atoms with E-state index < -0.39 is 0 Å². The van der Waals surface area contributed by atoms with Gasteiger partial charge in [-0.2, -0.15) is 0 Å². The molecule has 1 N–H and O–H groups in total. The predicted molar refractivity (Wildman–Crippen MR) is 118 cm³/mol. The Morgan fingerprint density at radius 1 is 1.10 bits per heavy atom. The summed E-state index contributed by atoms with van der Waals surface area (Å²) in [5, 5.41) is 12.5. The van der Waals surface area contributed by atoms with E-state index in [1.165, 1.54) is 0 Å². The molecule has 7 nitrogen and oxygen atoms in total. The maximum Gasteiger partial charge on any atom is 0.237 e. The number of hydrogen-bond donors (Lipinski definition) is 1. The van der Waals surface area contributed by atoms with Crippen molar-refractivity contribution in [2.45, 2.75) is 32.7 Å². The molecular formula is C23H26N4O3S. The number of benzene rings is 1. The molecule has 4 rings (SSSR count). The molecule has 8 heteroatoms. The van der Waals surface area contributed by atoms with Crippen LogP contribution in [0.5, 0.6) is 5.75 Å². The lowest BCUT2D eigenvalue weighted by Gasteiger charge is -2.24. The Hall–Kier alpha value is -2.81. The van der Waals surface area contributed by atoms with Crippen molar-refractivity contribution in [3.8, 4) is 5.75 Å². The molecule has 3 aromatic rings. The highest BCUT2D eigenvalue weighted by Gasteiger charge is 2.29. The van der Waals surface area contributed by atoms with Crippen LogP contribution in [0.4, 0.5) is 0 Å². The first-order valence-electron chi connectivity index (χ1n) is 10.2. The number of phenols is 1. The largest absolute Gasteiger partial charge is 0.508 e. The molecular weight excluding hydrogens is 412 g/mol. The minimum atomic E-state index is -0.128. The van der Waals surface area contributed by atoms with Gasteiger partial charge in [0.15, 0.2) is 0 Å². The second-order valence-corrected chi connectivity index (χ2v) is 8.82. The van der Waals surface area contributed by atoms with Crippen molar-refractivity contribution in [3.63, 3.8) is 0 Å². The third-order valence-electron chi connectivity index (χ3n) is 5.19. The van der Waals surface area contributed by atoms with Gasteiger partial charge in [-0.3, -0.25) is 14.7 Å². The number of amides is 1. The summed E-state index contributed by atoms with van der Waals surface area (Å²) in [4.78, 5) is 25.6. The van der Waals surface area contributed by atoms with Gasteiger partial charge in [0.25, 0.3) is 0 Å². The summed E-state index contributed by atoms with van der Waals surface area (Å²) in [6.45, 7) is 5.03. The van der Waals surface area contributed by atoms with Crippen LogP contribution < -0.4 is 0 Å². The van der Waals surface area contributed by atoms with E-state index in [1.807, 2.05) is 41.5 Å². The van der Waals surface area contributed by atoms with E-state index in [1.54, 1.807) is 35.9 Å². The van der Waals surface area contributed by atoms with Gasteiger partial charge < -0.3 is 14.7 Å². The van der Waals surface area contributed by atoms with E-state index in [2.05, 4.69) is 14.9 Å². The van der Waals surface area contributed by atoms with Gasteiger partial charge in [-0.1, -0.05) is 12.1 Å². The second-order valence-electron chi connectivity index (χ2n) is 7.76. The van der Waals surface area contributed by atoms with Gasteiger partial charge in [-0.15, -0.1) is 11.3 Å². The number of nitrogens with zero attached hydrogens (tertiary/aromatic N) is 4. The number of pyridine rings is 1. The number of ether oxygens (including phenoxy) is 1. The number of hydrogen-bond acceptors (Lipinski definition) is 7. The molecule has 0 spiro atoms. The summed E-state index contributed by atoms with van der Waals surface area (Å²) in [6.07, 6.45) is 3.38. The van der Waals surface area contributed by atoms with Crippen molar-refractivity contribution < 1.29 is 14.6 Å². The highest BCUT2D eigenvalue weighted by molar-refractivity contribution is 7.09. The molecule has 1 amide bonds. The zero-order valence-electron chi connectivity index (χ0n) is 17.5. The Kier molecular flexibility index (Phi) is 6.91. The molecule has 2 aromatic heterocycles. The summed E-state index contributed by atoms with van der Waals surface area (Å²) >= 11 is 1.59. The molecule has 1 saturated heterocycles. The Morgan fingerprint density at radius 2 is 1.87 bits per heavy atom. The van der Waals surface area contributed by atoms with E-state index in [4.69, 9.17) is 4.74 Å². The summed E-state index contributed by atoms with van der Waals surface area (Å²) in [5.74, 6) is 0.304. The monoisotopic (exact) mass is 438 g/mol. The molecule has 1 aliphatic heterocycles. The van der Waals surface area contributed by atoms with Crippen LogP contribution in [-0.4, -0.2) is 56.5 Å². The van der Waals surface area contributed by atoms with Crippen LogP contribution in [0.1, 0.15) is 21.8 Å². The van der Waals surface area contributed by atoms with E-state index >= 15 is 0 Å². The third-order valence-corrected chi connectivity index (χ3v) is 6.02. The number of carbonyl (C=O) groups is 1. The minimum Gasteiger partial charge on any atom is -0.508 e. The summed E-state index contributed by atoms with van der Waals surface area (Å²) in [6, 6.07) is 11.0. The maximum atomic E-state index is 13.1. The van der Waals surface area contributed by atoms with Crippen LogP contribution in [0.2, 0.25) is 0 Å². The highest BCUT2D eigenvalue weighted by atomic mass is 32.1. The Labute approximate surface area is 185 Å². The SMILES string of the molecule is Cc1nc(CN2CC(OCc3ccncc3)CN(Cc3ccc(O)cc3)CC2=O)cs1. The fraction of sp³-hybridized carbons (Fsp3) is 0.348. The predicted octanol–water partition coefficient (Wildman–Crippen LogP) is 2.98. The van der Waals surface area contributed by atoms with Gasteiger partial charge in [-0.25, -0.2) is 4.98 Å². The normalized spacial score (nSPS) is 17.6. The molecule has 3 heterocycles. The summed E-state index contributed by atoms with van der Waals surface area (Å²) < 4.78 is 6.24. The van der Waals surface area contributed by atoms with E-state index in [0.717, 1.165) is 21.8 Å². The van der Waals surface area contributed by atoms with Crippen LogP contribution in [0, 0.1) is 6.92 Å². The lowest BCUT2D eigenvalue weighted by atomic mass is 10.2. The molecule has 0 bridgehead atoms. The molecule has 0 saturated carbocycles. The lowest BCUT2D eigenvalue weighted by Crippen LogP contribution is -2.37. The van der Waals surface area contributed by atoms with Crippen LogP contribution in [0.15, 0.2) is 54.2 Å². The average molecular weight is 439 g/mol. The van der Waals surface area contributed by atoms with E-state index in [-0.39, 0.29) is 17.8 Å². The number of rotatable bonds is 7. The first kappa shape index (κ1) is 21.4. The van der Waals surface area contributed by atoms with Gasteiger partial charge in [0.05, 0.1) is 36.5 Å². The molecule has 1 atom stereocenters. The number of carbonyl (C=O) groups excluding carboxylic acids is 1. The van der Waals surface area contributed by atoms with Crippen molar-refractivity contribution >= 4 is 17.2 Å². The molecule has 162 valence electrons. The van der Waals surface area contributed by atoms with Crippen LogP contribution in [0.25, 0.3) is 0 Å². The zero-order chi connectivity index (χ0) is 21.6. The summed E-state index contributed by atoms with van der Waals surface area (Å²) in [7, 11) is 0. The van der Waals surface area contributed by atoms with Crippen molar-refractivity contribution in [1.82, 2.24) is 19.8 Å². The molecule has 0 aliphatic carbocycles. The fourth-order valence-corrected chi connectivity index (χ4v) is 4.26. The molecule has 1 fully saturated rings. The van der Waals surface area contributed by atoms with Gasteiger partial charge in [0.1, 0.15) is 5.75 Å². The van der Waals surface area contributed by atoms with Gasteiger partial charge in [-0.05, 0) is 42.3 Å². The van der Waals surface area contributed by atoms with Crippen LogP contribution in [-0.2, 0) is 29.2 Å². The number of aromatic nitrogens is 2. The number of aryl methyl sites for hydroxylation is 1. The molecule has 1 unspecified atom stereocenters. The standard InChI is InChI=1S/C23H26N4O3S/c1-17-25-20(16-31-17)11-27-13-22(30-15-19-6-8-24-9-7-19)12-26(14-23(27)29)10-18-2-4-21(28)5-3-18/h2-9,16,22,28H,10-15H2,1H3. The molecule has 0 radical (unpaired) electrons. The maximum absolute atomic E-state index is 13.1. The lowest BCUT2D eigenvalue weighted by molar-refractivity contribution is -0.132. The molecule has 1 aromatic carbocycles. The molecule has 1 aliphatic rings. The van der Waals surface area contributed by atoms with Gasteiger partial charge in [0, 0.05) is 37.4 Å². The van der Waals surface area contributed by atoms with Crippen LogP contribution in [0.3, 0.4) is 0 Å². The Balaban J connectivity index is 1.48. The van der Waals surface area contributed by atoms with Gasteiger partial charge >= 0.3 is 0 Å². The highest BCUT2D eigenvalue weighted by Crippen LogP contribution is 2.18. The Morgan fingerprint density at radius 3 is 2.58 bits per heavy atom. The number of phenolic OH excluding ortho intramolecular Hbond substituents is 1. The quantitative estimate of drug-likeness (QED) is 0.611. The Bertz CT molecular complexity index is 994. The second kappa shape index (κ2) is 10.00. The smallest absolute Gasteiger partial charge is 0.237 e. The first-order valence-corrected chi connectivity index (χ1v) is 11.1. The minimum absolute atomic E-state index is 0.0689. The summed E-state index contributed by atoms with van der Waals surface area (Å²) in [5.41, 5.74) is 3.01. The topological polar surface area (TPSA) is 78.8 Å².